The van der Waals surface area contributed by atoms with E-state index in [4.69, 9.17) is 0 Å². The molecule has 0 aliphatic carbocycles. The van der Waals surface area contributed by atoms with Crippen molar-refractivity contribution in [1.82, 2.24) is 5.32 Å². The normalized spacial score (nSPS) is 17.7. The SMILES string of the molecule is C/C=C(\C)C1=CCCNC1.CC. The molecule has 0 atom stereocenters. The van der Waals surface area contributed by atoms with E-state index >= 15 is 0 Å². The maximum absolute atomic E-state index is 3.34. The van der Waals surface area contributed by atoms with Gasteiger partial charge < -0.3 is 5.32 Å². The van der Waals surface area contributed by atoms with Gasteiger partial charge in [-0.25, -0.2) is 0 Å². The molecule has 1 heterocycles. The van der Waals surface area contributed by atoms with Crippen LogP contribution in [0.4, 0.5) is 0 Å². The van der Waals surface area contributed by atoms with Crippen molar-refractivity contribution >= 4 is 0 Å². The van der Waals surface area contributed by atoms with Gasteiger partial charge in [0.2, 0.25) is 0 Å². The summed E-state index contributed by atoms with van der Waals surface area (Å²) in [6, 6.07) is 0. The second-order valence-corrected chi connectivity index (χ2v) is 2.67. The molecule has 0 aromatic carbocycles. The van der Waals surface area contributed by atoms with Crippen LogP contribution >= 0.6 is 0 Å². The highest BCUT2D eigenvalue weighted by Gasteiger charge is 2.02. The molecule has 0 aromatic rings. The van der Waals surface area contributed by atoms with Crippen LogP contribution in [0.3, 0.4) is 0 Å². The van der Waals surface area contributed by atoms with Crippen LogP contribution in [0.25, 0.3) is 0 Å². The highest BCUT2D eigenvalue weighted by Crippen LogP contribution is 2.10. The van der Waals surface area contributed by atoms with E-state index in [2.05, 4.69) is 31.3 Å². The molecule has 1 aliphatic rings. The molecule has 1 nitrogen and oxygen atoms in total. The Morgan fingerprint density at radius 1 is 1.50 bits per heavy atom. The van der Waals surface area contributed by atoms with E-state index in [1.807, 2.05) is 13.8 Å². The minimum absolute atomic E-state index is 1.05. The Labute approximate surface area is 76.6 Å². The summed E-state index contributed by atoms with van der Waals surface area (Å²) in [5.41, 5.74) is 2.88. The van der Waals surface area contributed by atoms with Gasteiger partial charge in [0.25, 0.3) is 0 Å². The Hall–Kier alpha value is -0.560. The van der Waals surface area contributed by atoms with Gasteiger partial charge in [0, 0.05) is 6.54 Å². The molecule has 0 saturated heterocycles. The Kier molecular flexibility index (Phi) is 6.78. The average molecular weight is 167 g/mol. The molecule has 1 rings (SSSR count). The molecule has 0 radical (unpaired) electrons. The van der Waals surface area contributed by atoms with E-state index in [0.29, 0.717) is 0 Å². The summed E-state index contributed by atoms with van der Waals surface area (Å²) in [6.07, 6.45) is 5.67. The van der Waals surface area contributed by atoms with Crippen molar-refractivity contribution in [2.75, 3.05) is 13.1 Å². The molecular weight excluding hydrogens is 146 g/mol. The summed E-state index contributed by atoms with van der Waals surface area (Å²) in [4.78, 5) is 0. The van der Waals surface area contributed by atoms with Gasteiger partial charge in [0.1, 0.15) is 0 Å². The highest BCUT2D eigenvalue weighted by atomic mass is 14.9. The molecule has 0 saturated carbocycles. The number of allylic oxidation sites excluding steroid dienone is 1. The van der Waals surface area contributed by atoms with Gasteiger partial charge >= 0.3 is 0 Å². The van der Waals surface area contributed by atoms with Crippen molar-refractivity contribution in [3.63, 3.8) is 0 Å². The van der Waals surface area contributed by atoms with Gasteiger partial charge in [0.05, 0.1) is 0 Å². The molecule has 1 N–H and O–H groups in total. The van der Waals surface area contributed by atoms with Gasteiger partial charge in [-0.1, -0.05) is 31.6 Å². The van der Waals surface area contributed by atoms with E-state index in [1.165, 1.54) is 17.6 Å². The lowest BCUT2D eigenvalue weighted by molar-refractivity contribution is 0.706. The maximum Gasteiger partial charge on any atom is 0.0204 e. The van der Waals surface area contributed by atoms with Crippen molar-refractivity contribution < 1.29 is 0 Å². The first kappa shape index (κ1) is 11.4. The fourth-order valence-electron chi connectivity index (χ4n) is 1.13. The van der Waals surface area contributed by atoms with Gasteiger partial charge in [-0.2, -0.15) is 0 Å². The monoisotopic (exact) mass is 167 g/mol. The van der Waals surface area contributed by atoms with E-state index in [0.717, 1.165) is 13.1 Å². The molecule has 70 valence electrons. The fraction of sp³-hybridized carbons (Fsp3) is 0.636. The Balaban J connectivity index is 0.000000561. The third-order valence-electron chi connectivity index (χ3n) is 1.97. The molecule has 0 bridgehead atoms. The van der Waals surface area contributed by atoms with Crippen LogP contribution in [-0.2, 0) is 0 Å². The standard InChI is InChI=1S/C9H15N.C2H6/c1-3-8(2)9-5-4-6-10-7-9;1-2/h3,5,10H,4,6-7H2,1-2H3;1-2H3/b8-3+;. The molecular formula is C11H21N. The number of hydrogen-bond donors (Lipinski definition) is 1. The van der Waals surface area contributed by atoms with Crippen molar-refractivity contribution in [1.29, 1.82) is 0 Å². The lowest BCUT2D eigenvalue weighted by atomic mass is 10.0. The van der Waals surface area contributed by atoms with Crippen LogP contribution in [0, 0.1) is 0 Å². The Morgan fingerprint density at radius 3 is 2.58 bits per heavy atom. The minimum atomic E-state index is 1.05. The van der Waals surface area contributed by atoms with Crippen LogP contribution in [0.1, 0.15) is 34.1 Å². The predicted octanol–water partition coefficient (Wildman–Crippen LogP) is 2.90. The number of nitrogens with one attached hydrogen (secondary N) is 1. The lowest BCUT2D eigenvalue weighted by Crippen LogP contribution is -2.22. The van der Waals surface area contributed by atoms with E-state index in [-0.39, 0.29) is 0 Å². The topological polar surface area (TPSA) is 12.0 Å². The lowest BCUT2D eigenvalue weighted by Gasteiger charge is -2.13. The Morgan fingerprint density at radius 2 is 2.17 bits per heavy atom. The molecule has 0 spiro atoms. The predicted molar refractivity (Wildman–Crippen MR) is 56.3 cm³/mol. The summed E-state index contributed by atoms with van der Waals surface area (Å²) >= 11 is 0. The fourth-order valence-corrected chi connectivity index (χ4v) is 1.13. The number of hydrogen-bond acceptors (Lipinski definition) is 1. The average Bonchev–Trinajstić information content (AvgIpc) is 2.21. The Bertz CT molecular complexity index is 166. The van der Waals surface area contributed by atoms with E-state index in [1.54, 1.807) is 0 Å². The molecule has 0 amide bonds. The number of rotatable bonds is 1. The maximum atomic E-state index is 3.34. The zero-order valence-corrected chi connectivity index (χ0v) is 8.78. The first-order valence-electron chi connectivity index (χ1n) is 4.87. The van der Waals surface area contributed by atoms with Gasteiger partial charge in [0.15, 0.2) is 0 Å². The van der Waals surface area contributed by atoms with Crippen molar-refractivity contribution in [3.8, 4) is 0 Å². The van der Waals surface area contributed by atoms with Crippen LogP contribution in [0.15, 0.2) is 23.3 Å². The first-order chi connectivity index (χ1) is 5.84. The first-order valence-corrected chi connectivity index (χ1v) is 4.87. The molecule has 1 aliphatic heterocycles. The van der Waals surface area contributed by atoms with Crippen LogP contribution in [0.2, 0.25) is 0 Å². The summed E-state index contributed by atoms with van der Waals surface area (Å²) in [7, 11) is 0. The van der Waals surface area contributed by atoms with E-state index < -0.39 is 0 Å². The van der Waals surface area contributed by atoms with Crippen molar-refractivity contribution in [2.45, 2.75) is 34.1 Å². The van der Waals surface area contributed by atoms with Gasteiger partial charge in [-0.3, -0.25) is 0 Å². The minimum Gasteiger partial charge on any atom is -0.312 e. The second kappa shape index (κ2) is 7.11. The van der Waals surface area contributed by atoms with Crippen LogP contribution in [0.5, 0.6) is 0 Å². The van der Waals surface area contributed by atoms with Gasteiger partial charge in [-0.05, 0) is 32.4 Å². The van der Waals surface area contributed by atoms with Crippen LogP contribution < -0.4 is 5.32 Å². The summed E-state index contributed by atoms with van der Waals surface area (Å²) in [5.74, 6) is 0. The summed E-state index contributed by atoms with van der Waals surface area (Å²) in [6.45, 7) is 10.4. The zero-order chi connectivity index (χ0) is 9.40. The third-order valence-corrected chi connectivity index (χ3v) is 1.97. The quantitative estimate of drug-likeness (QED) is 0.633. The highest BCUT2D eigenvalue weighted by molar-refractivity contribution is 5.30. The van der Waals surface area contributed by atoms with Gasteiger partial charge in [-0.15, -0.1) is 0 Å². The van der Waals surface area contributed by atoms with Crippen LogP contribution in [-0.4, -0.2) is 13.1 Å². The van der Waals surface area contributed by atoms with E-state index in [9.17, 15) is 0 Å². The zero-order valence-electron chi connectivity index (χ0n) is 8.78. The molecule has 0 unspecified atom stereocenters. The molecule has 0 aromatic heterocycles. The molecule has 0 fully saturated rings. The molecule has 1 heteroatoms. The third kappa shape index (κ3) is 3.72. The van der Waals surface area contributed by atoms with Crippen molar-refractivity contribution in [3.05, 3.63) is 23.3 Å². The van der Waals surface area contributed by atoms with Crippen molar-refractivity contribution in [2.24, 2.45) is 0 Å². The summed E-state index contributed by atoms with van der Waals surface area (Å²) < 4.78 is 0. The second-order valence-electron chi connectivity index (χ2n) is 2.67. The summed E-state index contributed by atoms with van der Waals surface area (Å²) in [5, 5.41) is 3.34. The largest absolute Gasteiger partial charge is 0.312 e. The smallest absolute Gasteiger partial charge is 0.0204 e. The molecule has 12 heavy (non-hydrogen) atoms.